The third kappa shape index (κ3) is 3.12. The maximum Gasteiger partial charge on any atom is 0.0606 e. The van der Waals surface area contributed by atoms with Gasteiger partial charge in [-0.05, 0) is 31.8 Å². The van der Waals surface area contributed by atoms with Gasteiger partial charge in [-0.3, -0.25) is 0 Å². The van der Waals surface area contributed by atoms with E-state index in [4.69, 9.17) is 5.11 Å². The summed E-state index contributed by atoms with van der Waals surface area (Å²) in [5.41, 5.74) is 1.39. The van der Waals surface area contributed by atoms with Gasteiger partial charge in [0.05, 0.1) is 6.61 Å². The normalized spacial score (nSPS) is 32.6. The summed E-state index contributed by atoms with van der Waals surface area (Å²) in [5, 5.41) is 8.91. The van der Waals surface area contributed by atoms with Crippen LogP contribution in [0.1, 0.15) is 26.7 Å². The third-order valence-electron chi connectivity index (χ3n) is 2.90. The smallest absolute Gasteiger partial charge is 0.0606 e. The molecule has 14 heavy (non-hydrogen) atoms. The summed E-state index contributed by atoms with van der Waals surface area (Å²) in [4.78, 5) is 2.18. The van der Waals surface area contributed by atoms with Gasteiger partial charge in [0.2, 0.25) is 0 Å². The second kappa shape index (κ2) is 4.84. The first-order valence-corrected chi connectivity index (χ1v) is 6.28. The number of nitrogens with zero attached hydrogens (tertiary/aromatic N) is 1. The predicted octanol–water partition coefficient (Wildman–Crippen LogP) is 2.42. The summed E-state index contributed by atoms with van der Waals surface area (Å²) in [5.74, 6) is 0.634. The van der Waals surface area contributed by atoms with Gasteiger partial charge in [-0.2, -0.15) is 0 Å². The minimum atomic E-state index is 0.235. The number of halogens is 1. The highest BCUT2D eigenvalue weighted by Crippen LogP contribution is 2.37. The fourth-order valence-electron chi connectivity index (χ4n) is 1.93. The molecular weight excluding hydrogens is 289 g/mol. The van der Waals surface area contributed by atoms with E-state index in [-0.39, 0.29) is 6.61 Å². The largest absolute Gasteiger partial charge is 0.395 e. The van der Waals surface area contributed by atoms with Crippen molar-refractivity contribution >= 4 is 22.6 Å². The second-order valence-corrected chi connectivity index (χ2v) is 6.90. The Bertz CT molecular complexity index is 225. The Morgan fingerprint density at radius 1 is 1.71 bits per heavy atom. The zero-order valence-corrected chi connectivity index (χ0v) is 11.4. The quantitative estimate of drug-likeness (QED) is 0.639. The molecule has 0 radical (unpaired) electrons. The summed E-state index contributed by atoms with van der Waals surface area (Å²) >= 11 is 2.51. The molecule has 1 aliphatic rings. The van der Waals surface area contributed by atoms with Gasteiger partial charge in [0.1, 0.15) is 0 Å². The molecule has 82 valence electrons. The molecule has 1 rings (SSSR count). The van der Waals surface area contributed by atoms with E-state index in [1.165, 1.54) is 18.5 Å². The number of allylic oxidation sites excluding steroid dienone is 2. The van der Waals surface area contributed by atoms with Crippen molar-refractivity contribution in [2.75, 3.05) is 20.2 Å². The lowest BCUT2D eigenvalue weighted by Gasteiger charge is -2.35. The van der Waals surface area contributed by atoms with Crippen molar-refractivity contribution in [2.24, 2.45) is 5.92 Å². The van der Waals surface area contributed by atoms with Crippen LogP contribution in [-0.2, 0) is 0 Å². The van der Waals surface area contributed by atoms with Crippen LogP contribution >= 0.6 is 22.6 Å². The molecule has 2 unspecified atom stereocenters. The number of likely N-dealkylation sites (N-methyl/N-ethyl adjacent to an activating group) is 1. The molecule has 1 N–H and O–H groups in total. The standard InChI is InChI=1S/C11H20INO/c1-9-4-5-11(2,12)8-10(9)13(3)6-7-14/h8-9,14H,4-7H2,1-3H3. The highest BCUT2D eigenvalue weighted by atomic mass is 127. The molecule has 1 aliphatic carbocycles. The maximum atomic E-state index is 8.91. The molecule has 0 spiro atoms. The van der Waals surface area contributed by atoms with Crippen LogP contribution in [0, 0.1) is 5.92 Å². The minimum absolute atomic E-state index is 0.235. The summed E-state index contributed by atoms with van der Waals surface area (Å²) < 4.78 is 0.295. The van der Waals surface area contributed by atoms with Gasteiger partial charge in [0.15, 0.2) is 0 Å². The van der Waals surface area contributed by atoms with Crippen molar-refractivity contribution in [1.82, 2.24) is 4.90 Å². The number of hydrogen-bond donors (Lipinski definition) is 1. The van der Waals surface area contributed by atoms with Crippen molar-refractivity contribution in [3.05, 3.63) is 11.8 Å². The van der Waals surface area contributed by atoms with Crippen molar-refractivity contribution in [1.29, 1.82) is 0 Å². The van der Waals surface area contributed by atoms with Crippen LogP contribution in [0.15, 0.2) is 11.8 Å². The molecule has 0 bridgehead atoms. The Morgan fingerprint density at radius 2 is 2.36 bits per heavy atom. The molecule has 0 saturated heterocycles. The number of alkyl halides is 1. The van der Waals surface area contributed by atoms with E-state index >= 15 is 0 Å². The number of aliphatic hydroxyl groups excluding tert-OH is 1. The maximum absolute atomic E-state index is 8.91. The van der Waals surface area contributed by atoms with Crippen LogP contribution in [0.2, 0.25) is 0 Å². The van der Waals surface area contributed by atoms with Gasteiger partial charge in [-0.1, -0.05) is 29.5 Å². The monoisotopic (exact) mass is 309 g/mol. The van der Waals surface area contributed by atoms with Crippen molar-refractivity contribution in [2.45, 2.75) is 30.1 Å². The van der Waals surface area contributed by atoms with Crippen LogP contribution in [0.3, 0.4) is 0 Å². The molecule has 0 heterocycles. The van der Waals surface area contributed by atoms with Crippen molar-refractivity contribution in [3.8, 4) is 0 Å². The van der Waals surface area contributed by atoms with Crippen LogP contribution in [0.4, 0.5) is 0 Å². The highest BCUT2D eigenvalue weighted by Gasteiger charge is 2.27. The van der Waals surface area contributed by atoms with Gasteiger partial charge in [0.25, 0.3) is 0 Å². The number of hydrogen-bond acceptors (Lipinski definition) is 2. The van der Waals surface area contributed by atoms with Crippen molar-refractivity contribution in [3.63, 3.8) is 0 Å². The van der Waals surface area contributed by atoms with Crippen LogP contribution in [0.5, 0.6) is 0 Å². The molecule has 0 aromatic carbocycles. The molecule has 0 amide bonds. The Labute approximate surface area is 101 Å². The SMILES string of the molecule is CC1CCC(C)(I)C=C1N(C)CCO. The van der Waals surface area contributed by atoms with Gasteiger partial charge in [-0.25, -0.2) is 0 Å². The lowest BCUT2D eigenvalue weighted by atomic mass is 9.87. The average Bonchev–Trinajstić information content (AvgIpc) is 2.10. The average molecular weight is 309 g/mol. The molecule has 0 aliphatic heterocycles. The Hall–Kier alpha value is 0.230. The van der Waals surface area contributed by atoms with Gasteiger partial charge >= 0.3 is 0 Å². The van der Waals surface area contributed by atoms with E-state index in [0.717, 1.165) is 6.54 Å². The highest BCUT2D eigenvalue weighted by molar-refractivity contribution is 14.1. The molecule has 0 aromatic rings. The van der Waals surface area contributed by atoms with Gasteiger partial charge in [-0.15, -0.1) is 0 Å². The topological polar surface area (TPSA) is 23.5 Å². The first-order chi connectivity index (χ1) is 6.46. The summed E-state index contributed by atoms with van der Waals surface area (Å²) in [6.07, 6.45) is 4.86. The Morgan fingerprint density at radius 3 is 2.93 bits per heavy atom. The molecule has 0 saturated carbocycles. The van der Waals surface area contributed by atoms with Crippen LogP contribution in [0.25, 0.3) is 0 Å². The Balaban J connectivity index is 2.77. The van der Waals surface area contributed by atoms with E-state index in [9.17, 15) is 0 Å². The van der Waals surface area contributed by atoms with E-state index in [1.807, 2.05) is 0 Å². The van der Waals surface area contributed by atoms with E-state index < -0.39 is 0 Å². The predicted molar refractivity (Wildman–Crippen MR) is 68.6 cm³/mol. The van der Waals surface area contributed by atoms with Crippen molar-refractivity contribution < 1.29 is 5.11 Å². The zero-order chi connectivity index (χ0) is 10.8. The second-order valence-electron chi connectivity index (χ2n) is 4.43. The fourth-order valence-corrected chi connectivity index (χ4v) is 2.57. The zero-order valence-electron chi connectivity index (χ0n) is 9.26. The van der Waals surface area contributed by atoms with Gasteiger partial charge in [0, 0.05) is 22.7 Å². The first-order valence-electron chi connectivity index (χ1n) is 5.20. The summed E-state index contributed by atoms with van der Waals surface area (Å²) in [6.45, 7) is 5.51. The molecule has 0 aromatic heterocycles. The molecule has 2 atom stereocenters. The lowest BCUT2D eigenvalue weighted by Crippen LogP contribution is -2.31. The van der Waals surface area contributed by atoms with Crippen LogP contribution < -0.4 is 0 Å². The third-order valence-corrected chi connectivity index (χ3v) is 3.75. The number of rotatable bonds is 3. The van der Waals surface area contributed by atoms with E-state index in [2.05, 4.69) is 54.5 Å². The van der Waals surface area contributed by atoms with Crippen LogP contribution in [-0.4, -0.2) is 33.6 Å². The molecular formula is C11H20INO. The summed E-state index contributed by atoms with van der Waals surface area (Å²) in [6, 6.07) is 0. The molecule has 3 heteroatoms. The minimum Gasteiger partial charge on any atom is -0.395 e. The van der Waals surface area contributed by atoms with Gasteiger partial charge < -0.3 is 10.0 Å². The summed E-state index contributed by atoms with van der Waals surface area (Å²) in [7, 11) is 2.07. The molecule has 0 fully saturated rings. The molecule has 2 nitrogen and oxygen atoms in total. The fraction of sp³-hybridized carbons (Fsp3) is 0.818. The Kier molecular flexibility index (Phi) is 4.25. The number of aliphatic hydroxyl groups is 1. The lowest BCUT2D eigenvalue weighted by molar-refractivity contribution is 0.230. The van der Waals surface area contributed by atoms with E-state index in [0.29, 0.717) is 9.34 Å². The first kappa shape index (κ1) is 12.3. The van der Waals surface area contributed by atoms with E-state index in [1.54, 1.807) is 0 Å².